The molecule has 20 heavy (non-hydrogen) atoms. The molecule has 0 aliphatic rings. The number of hydrogen-bond donors (Lipinski definition) is 1. The van der Waals surface area contributed by atoms with E-state index in [4.69, 9.17) is 0 Å². The smallest absolute Gasteiger partial charge is 0.240 e. The molecule has 0 saturated heterocycles. The normalized spacial score (nSPS) is 10.7. The topological polar surface area (TPSA) is 41.5 Å². The van der Waals surface area contributed by atoms with Crippen LogP contribution >= 0.6 is 0 Å². The molecular formula is C16H15FN2O. The van der Waals surface area contributed by atoms with E-state index in [0.717, 1.165) is 11.1 Å². The zero-order valence-electron chi connectivity index (χ0n) is 10.9. The van der Waals surface area contributed by atoms with Gasteiger partial charge in [0.15, 0.2) is 0 Å². The Kier molecular flexibility index (Phi) is 5.00. The first-order chi connectivity index (χ1) is 9.74. The third-order valence-electron chi connectivity index (χ3n) is 2.76. The maximum Gasteiger partial charge on any atom is 0.240 e. The Morgan fingerprint density at radius 1 is 1.10 bits per heavy atom. The molecule has 3 nitrogen and oxygen atoms in total. The fourth-order valence-corrected chi connectivity index (χ4v) is 1.69. The molecule has 2 aromatic carbocycles. The summed E-state index contributed by atoms with van der Waals surface area (Å²) in [7, 11) is 0. The SMILES string of the molecule is O=C(CCc1ccccc1)N/N=C\c1ccc(F)cc1. The molecule has 0 aliphatic heterocycles. The van der Waals surface area contributed by atoms with Gasteiger partial charge in [-0.1, -0.05) is 42.5 Å². The lowest BCUT2D eigenvalue weighted by Gasteiger charge is -2.00. The van der Waals surface area contributed by atoms with E-state index >= 15 is 0 Å². The van der Waals surface area contributed by atoms with E-state index in [2.05, 4.69) is 10.5 Å². The van der Waals surface area contributed by atoms with Gasteiger partial charge in [0.05, 0.1) is 6.21 Å². The first kappa shape index (κ1) is 13.9. The predicted octanol–water partition coefficient (Wildman–Crippen LogP) is 2.91. The van der Waals surface area contributed by atoms with Crippen molar-refractivity contribution in [2.24, 2.45) is 5.10 Å². The fraction of sp³-hybridized carbons (Fsp3) is 0.125. The van der Waals surface area contributed by atoms with Crippen LogP contribution < -0.4 is 5.43 Å². The van der Waals surface area contributed by atoms with Crippen LogP contribution in [-0.2, 0) is 11.2 Å². The van der Waals surface area contributed by atoms with Crippen LogP contribution in [0.25, 0.3) is 0 Å². The van der Waals surface area contributed by atoms with Gasteiger partial charge in [-0.05, 0) is 29.7 Å². The van der Waals surface area contributed by atoms with Crippen LogP contribution in [0.3, 0.4) is 0 Å². The van der Waals surface area contributed by atoms with Crippen molar-refractivity contribution in [2.75, 3.05) is 0 Å². The molecule has 0 spiro atoms. The molecule has 0 aliphatic carbocycles. The third-order valence-corrected chi connectivity index (χ3v) is 2.76. The van der Waals surface area contributed by atoms with Gasteiger partial charge in [-0.15, -0.1) is 0 Å². The standard InChI is InChI=1S/C16H15FN2O/c17-15-9-6-14(7-10-15)12-18-19-16(20)11-8-13-4-2-1-3-5-13/h1-7,9-10,12H,8,11H2,(H,19,20)/b18-12-. The van der Waals surface area contributed by atoms with Crippen LogP contribution in [0.15, 0.2) is 59.7 Å². The summed E-state index contributed by atoms with van der Waals surface area (Å²) in [6, 6.07) is 15.7. The lowest BCUT2D eigenvalue weighted by molar-refractivity contribution is -0.121. The van der Waals surface area contributed by atoms with E-state index in [1.807, 2.05) is 30.3 Å². The fourth-order valence-electron chi connectivity index (χ4n) is 1.69. The second-order valence-electron chi connectivity index (χ2n) is 4.33. The minimum Gasteiger partial charge on any atom is -0.273 e. The van der Waals surface area contributed by atoms with Gasteiger partial charge in [0, 0.05) is 6.42 Å². The van der Waals surface area contributed by atoms with Crippen LogP contribution in [0.4, 0.5) is 4.39 Å². The second-order valence-corrected chi connectivity index (χ2v) is 4.33. The molecular weight excluding hydrogens is 255 g/mol. The summed E-state index contributed by atoms with van der Waals surface area (Å²) >= 11 is 0. The Balaban J connectivity index is 1.76. The minimum absolute atomic E-state index is 0.146. The number of halogens is 1. The Bertz CT molecular complexity index is 579. The number of carbonyl (C=O) groups excluding carboxylic acids is 1. The highest BCUT2D eigenvalue weighted by Crippen LogP contribution is 2.02. The number of hydrazone groups is 1. The number of nitrogens with zero attached hydrogens (tertiary/aromatic N) is 1. The molecule has 0 bridgehead atoms. The van der Waals surface area contributed by atoms with E-state index in [1.165, 1.54) is 18.3 Å². The zero-order valence-corrected chi connectivity index (χ0v) is 10.9. The van der Waals surface area contributed by atoms with Crippen molar-refractivity contribution in [1.29, 1.82) is 0 Å². The van der Waals surface area contributed by atoms with Gasteiger partial charge in [0.2, 0.25) is 5.91 Å². The summed E-state index contributed by atoms with van der Waals surface area (Å²) < 4.78 is 12.7. The summed E-state index contributed by atoms with van der Waals surface area (Å²) in [5.41, 5.74) is 4.30. The van der Waals surface area contributed by atoms with E-state index in [1.54, 1.807) is 12.1 Å². The second kappa shape index (κ2) is 7.19. The Hall–Kier alpha value is -2.49. The molecule has 0 heterocycles. The van der Waals surface area contributed by atoms with Gasteiger partial charge in [-0.3, -0.25) is 4.79 Å². The van der Waals surface area contributed by atoms with E-state index in [0.29, 0.717) is 12.8 Å². The van der Waals surface area contributed by atoms with Crippen LogP contribution in [0, 0.1) is 5.82 Å². The van der Waals surface area contributed by atoms with E-state index in [9.17, 15) is 9.18 Å². The number of carbonyl (C=O) groups is 1. The quantitative estimate of drug-likeness (QED) is 0.658. The average molecular weight is 270 g/mol. The first-order valence-corrected chi connectivity index (χ1v) is 6.35. The molecule has 2 aromatic rings. The Morgan fingerprint density at radius 3 is 2.50 bits per heavy atom. The summed E-state index contributed by atoms with van der Waals surface area (Å²) in [4.78, 5) is 11.6. The predicted molar refractivity (Wildman–Crippen MR) is 76.9 cm³/mol. The molecule has 0 atom stereocenters. The average Bonchev–Trinajstić information content (AvgIpc) is 2.48. The highest BCUT2D eigenvalue weighted by atomic mass is 19.1. The van der Waals surface area contributed by atoms with Gasteiger partial charge < -0.3 is 0 Å². The minimum atomic E-state index is -0.297. The molecule has 2 rings (SSSR count). The first-order valence-electron chi connectivity index (χ1n) is 6.35. The van der Waals surface area contributed by atoms with Gasteiger partial charge in [0.25, 0.3) is 0 Å². The lowest BCUT2D eigenvalue weighted by Crippen LogP contribution is -2.17. The van der Waals surface area contributed by atoms with Gasteiger partial charge in [-0.2, -0.15) is 5.10 Å². The highest BCUT2D eigenvalue weighted by Gasteiger charge is 2.00. The van der Waals surface area contributed by atoms with Crippen molar-refractivity contribution in [2.45, 2.75) is 12.8 Å². The summed E-state index contributed by atoms with van der Waals surface area (Å²) in [5.74, 6) is -0.443. The molecule has 0 aromatic heterocycles. The third kappa shape index (κ3) is 4.65. The molecule has 102 valence electrons. The van der Waals surface area contributed by atoms with Crippen molar-refractivity contribution in [3.63, 3.8) is 0 Å². The maximum atomic E-state index is 12.7. The van der Waals surface area contributed by atoms with Crippen molar-refractivity contribution in [3.8, 4) is 0 Å². The molecule has 1 N–H and O–H groups in total. The maximum absolute atomic E-state index is 12.7. The summed E-state index contributed by atoms with van der Waals surface area (Å²) in [6.45, 7) is 0. The Labute approximate surface area is 117 Å². The number of benzene rings is 2. The Morgan fingerprint density at radius 2 is 1.80 bits per heavy atom. The lowest BCUT2D eigenvalue weighted by atomic mass is 10.1. The number of amides is 1. The molecule has 1 amide bonds. The van der Waals surface area contributed by atoms with Crippen LogP contribution in [-0.4, -0.2) is 12.1 Å². The number of rotatable bonds is 5. The molecule has 0 fully saturated rings. The number of nitrogens with one attached hydrogen (secondary N) is 1. The summed E-state index contributed by atoms with van der Waals surface area (Å²) in [6.07, 6.45) is 2.55. The zero-order chi connectivity index (χ0) is 14.2. The summed E-state index contributed by atoms with van der Waals surface area (Å²) in [5, 5.41) is 3.84. The van der Waals surface area contributed by atoms with Crippen LogP contribution in [0.2, 0.25) is 0 Å². The van der Waals surface area contributed by atoms with Crippen molar-refractivity contribution >= 4 is 12.1 Å². The number of hydrogen-bond acceptors (Lipinski definition) is 2. The van der Waals surface area contributed by atoms with E-state index in [-0.39, 0.29) is 11.7 Å². The van der Waals surface area contributed by atoms with Crippen LogP contribution in [0.5, 0.6) is 0 Å². The van der Waals surface area contributed by atoms with Crippen molar-refractivity contribution < 1.29 is 9.18 Å². The largest absolute Gasteiger partial charge is 0.273 e. The molecule has 4 heteroatoms. The molecule has 0 saturated carbocycles. The van der Waals surface area contributed by atoms with Gasteiger partial charge in [-0.25, -0.2) is 9.82 Å². The van der Waals surface area contributed by atoms with Crippen molar-refractivity contribution in [1.82, 2.24) is 5.43 Å². The molecule has 0 radical (unpaired) electrons. The number of aryl methyl sites for hydroxylation is 1. The van der Waals surface area contributed by atoms with Gasteiger partial charge >= 0.3 is 0 Å². The van der Waals surface area contributed by atoms with Gasteiger partial charge in [0.1, 0.15) is 5.82 Å². The van der Waals surface area contributed by atoms with E-state index < -0.39 is 0 Å². The van der Waals surface area contributed by atoms with Crippen molar-refractivity contribution in [3.05, 3.63) is 71.5 Å². The van der Waals surface area contributed by atoms with Crippen LogP contribution in [0.1, 0.15) is 17.5 Å². The monoisotopic (exact) mass is 270 g/mol. The molecule has 0 unspecified atom stereocenters. The highest BCUT2D eigenvalue weighted by molar-refractivity contribution is 5.82.